The molecule has 5 nitrogen and oxygen atoms in total. The molecular weight excluding hydrogens is 228 g/mol. The summed E-state index contributed by atoms with van der Waals surface area (Å²) in [6.07, 6.45) is 2.10. The third-order valence-corrected chi connectivity index (χ3v) is 2.84. The molecule has 102 valence electrons. The van der Waals surface area contributed by atoms with E-state index >= 15 is 0 Å². The minimum Gasteiger partial charge on any atom is -0.396 e. The summed E-state index contributed by atoms with van der Waals surface area (Å²) in [5.41, 5.74) is 8.77. The Morgan fingerprint density at radius 3 is 2.56 bits per heavy atom. The Kier molecular flexibility index (Phi) is 5.19. The van der Waals surface area contributed by atoms with Crippen LogP contribution in [0.4, 0.5) is 5.69 Å². The number of carbonyl (C=O) groups is 1. The Hall–Kier alpha value is -1.52. The van der Waals surface area contributed by atoms with Crippen molar-refractivity contribution in [3.8, 4) is 0 Å². The zero-order valence-corrected chi connectivity index (χ0v) is 11.8. The monoisotopic (exact) mass is 252 g/mol. The largest absolute Gasteiger partial charge is 0.396 e. The molecule has 0 aromatic carbocycles. The number of nitrogen functional groups attached to an aromatic ring is 1. The Labute approximate surface area is 109 Å². The Balaban J connectivity index is 2.70. The number of rotatable bonds is 6. The van der Waals surface area contributed by atoms with Crippen LogP contribution < -0.4 is 11.1 Å². The first-order valence-electron chi connectivity index (χ1n) is 6.62. The Morgan fingerprint density at radius 2 is 2.06 bits per heavy atom. The smallest absolute Gasteiger partial charge is 0.222 e. The van der Waals surface area contributed by atoms with Crippen LogP contribution in [-0.2, 0) is 24.2 Å². The van der Waals surface area contributed by atoms with Crippen molar-refractivity contribution < 1.29 is 4.79 Å². The molecule has 0 fully saturated rings. The van der Waals surface area contributed by atoms with Gasteiger partial charge in [0.05, 0.1) is 23.6 Å². The average Bonchev–Trinajstić information content (AvgIpc) is 2.61. The number of nitrogens with two attached hydrogens (primary N) is 1. The zero-order valence-electron chi connectivity index (χ0n) is 11.8. The van der Waals surface area contributed by atoms with E-state index in [1.165, 1.54) is 0 Å². The fraction of sp³-hybridized carbons (Fsp3) is 0.692. The van der Waals surface area contributed by atoms with Crippen LogP contribution in [0.5, 0.6) is 0 Å². The number of carbonyl (C=O) groups excluding carboxylic acids is 1. The van der Waals surface area contributed by atoms with Crippen molar-refractivity contribution in [2.75, 3.05) is 5.73 Å². The highest BCUT2D eigenvalue weighted by Crippen LogP contribution is 2.18. The third kappa shape index (κ3) is 3.48. The molecule has 0 atom stereocenters. The highest BCUT2D eigenvalue weighted by molar-refractivity contribution is 5.76. The number of nitrogens with zero attached hydrogens (tertiary/aromatic N) is 2. The van der Waals surface area contributed by atoms with Gasteiger partial charge in [0, 0.05) is 12.5 Å². The molecule has 0 unspecified atom stereocenters. The minimum absolute atomic E-state index is 0.0548. The van der Waals surface area contributed by atoms with E-state index in [9.17, 15) is 4.79 Å². The first-order chi connectivity index (χ1) is 8.49. The average molecular weight is 252 g/mol. The highest BCUT2D eigenvalue weighted by Gasteiger charge is 2.13. The molecule has 0 bridgehead atoms. The number of hydrogen-bond acceptors (Lipinski definition) is 3. The number of amides is 1. The SMILES string of the molecule is CCc1nn(CCC(=O)NC(C)C)c(CC)c1N. The molecule has 0 saturated carbocycles. The standard InChI is InChI=1S/C13H24N4O/c1-5-10-13(14)11(6-2)17(16-10)8-7-12(18)15-9(3)4/h9H,5-8,14H2,1-4H3,(H,15,18). The normalized spacial score (nSPS) is 10.9. The number of hydrogen-bond donors (Lipinski definition) is 2. The molecule has 0 saturated heterocycles. The van der Waals surface area contributed by atoms with Gasteiger partial charge in [0.2, 0.25) is 5.91 Å². The van der Waals surface area contributed by atoms with Gasteiger partial charge >= 0.3 is 0 Å². The van der Waals surface area contributed by atoms with E-state index < -0.39 is 0 Å². The topological polar surface area (TPSA) is 72.9 Å². The summed E-state index contributed by atoms with van der Waals surface area (Å²) >= 11 is 0. The molecule has 1 aromatic heterocycles. The zero-order chi connectivity index (χ0) is 13.7. The van der Waals surface area contributed by atoms with Crippen LogP contribution in [0.25, 0.3) is 0 Å². The molecule has 0 aliphatic heterocycles. The van der Waals surface area contributed by atoms with Gasteiger partial charge in [0.15, 0.2) is 0 Å². The molecular formula is C13H24N4O. The van der Waals surface area contributed by atoms with E-state index in [2.05, 4.69) is 17.3 Å². The predicted octanol–water partition coefficient (Wildman–Crippen LogP) is 1.50. The summed E-state index contributed by atoms with van der Waals surface area (Å²) in [5.74, 6) is 0.0548. The lowest BCUT2D eigenvalue weighted by Gasteiger charge is -2.09. The first kappa shape index (κ1) is 14.5. The fourth-order valence-electron chi connectivity index (χ4n) is 1.99. The number of anilines is 1. The number of nitrogens with one attached hydrogen (secondary N) is 1. The maximum Gasteiger partial charge on any atom is 0.222 e. The summed E-state index contributed by atoms with van der Waals surface area (Å²) in [5, 5.41) is 7.34. The molecule has 1 rings (SSSR count). The predicted molar refractivity (Wildman–Crippen MR) is 73.3 cm³/mol. The van der Waals surface area contributed by atoms with E-state index in [1.54, 1.807) is 0 Å². The molecule has 5 heteroatoms. The van der Waals surface area contributed by atoms with E-state index in [1.807, 2.05) is 25.5 Å². The lowest BCUT2D eigenvalue weighted by atomic mass is 10.2. The van der Waals surface area contributed by atoms with Gasteiger partial charge < -0.3 is 11.1 Å². The van der Waals surface area contributed by atoms with Gasteiger partial charge in [-0.05, 0) is 26.7 Å². The van der Waals surface area contributed by atoms with Crippen molar-refractivity contribution in [2.45, 2.75) is 59.5 Å². The van der Waals surface area contributed by atoms with Crippen molar-refractivity contribution in [1.29, 1.82) is 0 Å². The molecule has 0 radical (unpaired) electrons. The molecule has 18 heavy (non-hydrogen) atoms. The maximum atomic E-state index is 11.6. The van der Waals surface area contributed by atoms with Gasteiger partial charge in [-0.1, -0.05) is 13.8 Å². The quantitative estimate of drug-likeness (QED) is 0.806. The number of aromatic nitrogens is 2. The van der Waals surface area contributed by atoms with Gasteiger partial charge in [-0.3, -0.25) is 9.48 Å². The van der Waals surface area contributed by atoms with Crippen molar-refractivity contribution in [2.24, 2.45) is 0 Å². The minimum atomic E-state index is 0.0548. The van der Waals surface area contributed by atoms with Gasteiger partial charge in [0.25, 0.3) is 0 Å². The molecule has 0 aliphatic rings. The van der Waals surface area contributed by atoms with E-state index in [4.69, 9.17) is 5.73 Å². The van der Waals surface area contributed by atoms with Crippen LogP contribution in [0.1, 0.15) is 45.5 Å². The highest BCUT2D eigenvalue weighted by atomic mass is 16.1. The van der Waals surface area contributed by atoms with Crippen LogP contribution in [0, 0.1) is 0 Å². The lowest BCUT2D eigenvalue weighted by molar-refractivity contribution is -0.121. The Bertz CT molecular complexity index is 409. The van der Waals surface area contributed by atoms with Gasteiger partial charge in [0.1, 0.15) is 0 Å². The maximum absolute atomic E-state index is 11.6. The molecule has 1 amide bonds. The number of aryl methyl sites for hydroxylation is 2. The first-order valence-corrected chi connectivity index (χ1v) is 6.62. The van der Waals surface area contributed by atoms with Gasteiger partial charge in [-0.25, -0.2) is 0 Å². The molecule has 0 aliphatic carbocycles. The molecule has 3 N–H and O–H groups in total. The van der Waals surface area contributed by atoms with Crippen molar-refractivity contribution in [1.82, 2.24) is 15.1 Å². The second kappa shape index (κ2) is 6.42. The summed E-state index contributed by atoms with van der Waals surface area (Å²) in [6.45, 7) is 8.59. The summed E-state index contributed by atoms with van der Waals surface area (Å²) in [6, 6.07) is 0.178. The van der Waals surface area contributed by atoms with Gasteiger partial charge in [-0.15, -0.1) is 0 Å². The fourth-order valence-corrected chi connectivity index (χ4v) is 1.99. The van der Waals surface area contributed by atoms with Crippen molar-refractivity contribution in [3.05, 3.63) is 11.4 Å². The second-order valence-corrected chi connectivity index (χ2v) is 4.71. The van der Waals surface area contributed by atoms with Crippen molar-refractivity contribution >= 4 is 11.6 Å². The summed E-state index contributed by atoms with van der Waals surface area (Å²) in [4.78, 5) is 11.6. The van der Waals surface area contributed by atoms with Crippen LogP contribution in [0.3, 0.4) is 0 Å². The van der Waals surface area contributed by atoms with Crippen LogP contribution in [-0.4, -0.2) is 21.7 Å². The summed E-state index contributed by atoms with van der Waals surface area (Å²) in [7, 11) is 0. The molecule has 1 heterocycles. The van der Waals surface area contributed by atoms with Crippen LogP contribution in [0.15, 0.2) is 0 Å². The van der Waals surface area contributed by atoms with Crippen molar-refractivity contribution in [3.63, 3.8) is 0 Å². The lowest BCUT2D eigenvalue weighted by Crippen LogP contribution is -2.30. The van der Waals surface area contributed by atoms with Gasteiger partial charge in [-0.2, -0.15) is 5.10 Å². The van der Waals surface area contributed by atoms with Crippen LogP contribution >= 0.6 is 0 Å². The third-order valence-electron chi connectivity index (χ3n) is 2.84. The molecule has 1 aromatic rings. The Morgan fingerprint density at radius 1 is 1.39 bits per heavy atom. The van der Waals surface area contributed by atoms with E-state index in [0.717, 1.165) is 29.9 Å². The second-order valence-electron chi connectivity index (χ2n) is 4.71. The molecule has 0 spiro atoms. The van der Waals surface area contributed by atoms with Crippen LogP contribution in [0.2, 0.25) is 0 Å². The van der Waals surface area contributed by atoms with E-state index in [0.29, 0.717) is 13.0 Å². The van der Waals surface area contributed by atoms with E-state index in [-0.39, 0.29) is 11.9 Å². The summed E-state index contributed by atoms with van der Waals surface area (Å²) < 4.78 is 1.87.